The van der Waals surface area contributed by atoms with E-state index in [0.717, 1.165) is 27.2 Å². The number of nitrogens with one attached hydrogen (secondary N) is 1. The highest BCUT2D eigenvalue weighted by Crippen LogP contribution is 2.36. The highest BCUT2D eigenvalue weighted by molar-refractivity contribution is 7.21. The zero-order chi connectivity index (χ0) is 22.2. The van der Waals surface area contributed by atoms with Crippen molar-refractivity contribution in [2.24, 2.45) is 0 Å². The average Bonchev–Trinajstić information content (AvgIpc) is 3.53. The zero-order valence-electron chi connectivity index (χ0n) is 18.0. The Balaban J connectivity index is 1.36. The van der Waals surface area contributed by atoms with Crippen molar-refractivity contribution in [2.75, 3.05) is 13.1 Å². The lowest BCUT2D eigenvalue weighted by molar-refractivity contribution is 0.0667. The molecule has 0 spiro atoms. The van der Waals surface area contributed by atoms with Crippen LogP contribution in [0.1, 0.15) is 44.3 Å². The average molecular weight is 449 g/mol. The van der Waals surface area contributed by atoms with Crippen LogP contribution in [0.2, 0.25) is 0 Å². The van der Waals surface area contributed by atoms with E-state index in [2.05, 4.69) is 23.3 Å². The molecular weight excluding hydrogens is 424 g/mol. The molecular formula is C24H24N4O3S. The number of hydrogen-bond acceptors (Lipinski definition) is 5. The number of likely N-dealkylation sites (tertiary alicyclic amines) is 1. The molecule has 0 aliphatic carbocycles. The SMILES string of the molecule is Cc1cc(C)c2c(-n3cccc3)c(C(=O)NC3CCN(C(=O)c4ccco4)CC3)sc2n1. The number of carbonyl (C=O) groups excluding carboxylic acids is 2. The lowest BCUT2D eigenvalue weighted by Gasteiger charge is -2.31. The van der Waals surface area contributed by atoms with Gasteiger partial charge in [-0.05, 0) is 62.6 Å². The molecule has 5 heterocycles. The van der Waals surface area contributed by atoms with E-state index in [4.69, 9.17) is 4.42 Å². The van der Waals surface area contributed by atoms with Crippen LogP contribution in [0.25, 0.3) is 15.9 Å². The van der Waals surface area contributed by atoms with Crippen molar-refractivity contribution in [1.82, 2.24) is 19.8 Å². The van der Waals surface area contributed by atoms with Gasteiger partial charge in [0.25, 0.3) is 11.8 Å². The minimum Gasteiger partial charge on any atom is -0.459 e. The van der Waals surface area contributed by atoms with Crippen LogP contribution in [0, 0.1) is 13.8 Å². The van der Waals surface area contributed by atoms with Gasteiger partial charge >= 0.3 is 0 Å². The molecule has 1 fully saturated rings. The van der Waals surface area contributed by atoms with Gasteiger partial charge in [-0.15, -0.1) is 11.3 Å². The van der Waals surface area contributed by atoms with Crippen LogP contribution < -0.4 is 5.32 Å². The first-order valence-electron chi connectivity index (χ1n) is 10.7. The summed E-state index contributed by atoms with van der Waals surface area (Å²) in [5.41, 5.74) is 2.93. The Morgan fingerprint density at radius 1 is 1.16 bits per heavy atom. The summed E-state index contributed by atoms with van der Waals surface area (Å²) in [7, 11) is 0. The number of thiophene rings is 1. The zero-order valence-corrected chi connectivity index (χ0v) is 18.8. The molecule has 4 aromatic heterocycles. The van der Waals surface area contributed by atoms with Crippen LogP contribution in [0.4, 0.5) is 0 Å². The van der Waals surface area contributed by atoms with Gasteiger partial charge < -0.3 is 19.2 Å². The van der Waals surface area contributed by atoms with E-state index in [1.54, 1.807) is 17.0 Å². The molecule has 2 amide bonds. The molecule has 7 nitrogen and oxygen atoms in total. The van der Waals surface area contributed by atoms with Gasteiger partial charge in [-0.25, -0.2) is 4.98 Å². The maximum Gasteiger partial charge on any atom is 0.289 e. The first-order valence-corrected chi connectivity index (χ1v) is 11.5. The third-order valence-electron chi connectivity index (χ3n) is 5.88. The molecule has 1 saturated heterocycles. The fourth-order valence-corrected chi connectivity index (χ4v) is 5.54. The Kier molecular flexibility index (Phi) is 5.30. The van der Waals surface area contributed by atoms with Crippen molar-refractivity contribution in [3.8, 4) is 5.69 Å². The first-order chi connectivity index (χ1) is 15.5. The van der Waals surface area contributed by atoms with Gasteiger partial charge in [0.15, 0.2) is 5.76 Å². The molecule has 164 valence electrons. The Hall–Kier alpha value is -3.39. The molecule has 1 aliphatic rings. The van der Waals surface area contributed by atoms with Crippen molar-refractivity contribution < 1.29 is 14.0 Å². The highest BCUT2D eigenvalue weighted by atomic mass is 32.1. The summed E-state index contributed by atoms with van der Waals surface area (Å²) in [6.07, 6.45) is 6.83. The van der Waals surface area contributed by atoms with Gasteiger partial charge in [0.1, 0.15) is 9.71 Å². The van der Waals surface area contributed by atoms with Gasteiger partial charge in [-0.2, -0.15) is 0 Å². The van der Waals surface area contributed by atoms with Crippen LogP contribution in [0.15, 0.2) is 53.4 Å². The van der Waals surface area contributed by atoms with E-state index in [1.165, 1.54) is 17.6 Å². The van der Waals surface area contributed by atoms with Gasteiger partial charge in [0.05, 0.1) is 12.0 Å². The summed E-state index contributed by atoms with van der Waals surface area (Å²) in [5, 5.41) is 4.21. The molecule has 4 aromatic rings. The molecule has 32 heavy (non-hydrogen) atoms. The molecule has 0 aromatic carbocycles. The molecule has 8 heteroatoms. The third-order valence-corrected chi connectivity index (χ3v) is 6.95. The van der Waals surface area contributed by atoms with E-state index < -0.39 is 0 Å². The van der Waals surface area contributed by atoms with Crippen molar-refractivity contribution in [3.63, 3.8) is 0 Å². The summed E-state index contributed by atoms with van der Waals surface area (Å²) in [6, 6.07) is 9.36. The first kappa shape index (κ1) is 20.5. The van der Waals surface area contributed by atoms with Crippen LogP contribution in [-0.2, 0) is 0 Å². The molecule has 1 aliphatic heterocycles. The second-order valence-corrected chi connectivity index (χ2v) is 9.15. The number of pyridine rings is 1. The molecule has 0 saturated carbocycles. The van der Waals surface area contributed by atoms with E-state index in [0.29, 0.717) is 36.6 Å². The number of fused-ring (bicyclic) bond motifs is 1. The molecule has 0 radical (unpaired) electrons. The molecule has 0 atom stereocenters. The predicted molar refractivity (Wildman–Crippen MR) is 124 cm³/mol. The Labute approximate surface area is 189 Å². The van der Waals surface area contributed by atoms with Crippen molar-refractivity contribution in [2.45, 2.75) is 32.7 Å². The van der Waals surface area contributed by atoms with Crippen molar-refractivity contribution >= 4 is 33.4 Å². The second-order valence-electron chi connectivity index (χ2n) is 8.15. The fraction of sp³-hybridized carbons (Fsp3) is 0.292. The summed E-state index contributed by atoms with van der Waals surface area (Å²) < 4.78 is 7.21. The predicted octanol–water partition coefficient (Wildman–Crippen LogP) is 4.33. The van der Waals surface area contributed by atoms with Crippen LogP contribution in [0.3, 0.4) is 0 Å². The lowest BCUT2D eigenvalue weighted by Crippen LogP contribution is -2.46. The van der Waals surface area contributed by atoms with E-state index >= 15 is 0 Å². The number of nitrogens with zero attached hydrogens (tertiary/aromatic N) is 3. The quantitative estimate of drug-likeness (QED) is 0.504. The topological polar surface area (TPSA) is 80.4 Å². The number of hydrogen-bond donors (Lipinski definition) is 1. The third kappa shape index (κ3) is 3.71. The molecule has 1 N–H and O–H groups in total. The monoisotopic (exact) mass is 448 g/mol. The van der Waals surface area contributed by atoms with Crippen LogP contribution >= 0.6 is 11.3 Å². The van der Waals surface area contributed by atoms with E-state index in [9.17, 15) is 9.59 Å². The number of aryl methyl sites for hydroxylation is 2. The number of aromatic nitrogens is 2. The summed E-state index contributed by atoms with van der Waals surface area (Å²) >= 11 is 1.43. The van der Waals surface area contributed by atoms with Crippen LogP contribution in [-0.4, -0.2) is 45.4 Å². The Morgan fingerprint density at radius 2 is 1.91 bits per heavy atom. The van der Waals surface area contributed by atoms with Gasteiger partial charge in [0, 0.05) is 42.6 Å². The van der Waals surface area contributed by atoms with E-state index in [1.807, 2.05) is 36.0 Å². The normalized spacial score (nSPS) is 14.8. The summed E-state index contributed by atoms with van der Waals surface area (Å²) in [4.78, 5) is 33.8. The van der Waals surface area contributed by atoms with Gasteiger partial charge in [-0.1, -0.05) is 0 Å². The second kappa shape index (κ2) is 8.27. The smallest absolute Gasteiger partial charge is 0.289 e. The van der Waals surface area contributed by atoms with Crippen molar-refractivity contribution in [1.29, 1.82) is 0 Å². The van der Waals surface area contributed by atoms with Gasteiger partial charge in [0.2, 0.25) is 0 Å². The maximum atomic E-state index is 13.4. The minimum absolute atomic E-state index is 0.0154. The minimum atomic E-state index is -0.101. The number of rotatable bonds is 4. The highest BCUT2D eigenvalue weighted by Gasteiger charge is 2.28. The molecule has 5 rings (SSSR count). The molecule has 0 bridgehead atoms. The summed E-state index contributed by atoms with van der Waals surface area (Å²) in [6.45, 7) is 5.20. The standard InChI is InChI=1S/C24H24N4O3S/c1-15-14-16(2)25-23-19(15)20(27-9-3-4-10-27)21(32-23)22(29)26-17-7-11-28(12-8-17)24(30)18-6-5-13-31-18/h3-6,9-10,13-14,17H,7-8,11-12H2,1-2H3,(H,26,29). The van der Waals surface area contributed by atoms with Crippen LogP contribution in [0.5, 0.6) is 0 Å². The number of furan rings is 1. The summed E-state index contributed by atoms with van der Waals surface area (Å²) in [5.74, 6) is 0.160. The molecule has 0 unspecified atom stereocenters. The Morgan fingerprint density at radius 3 is 2.59 bits per heavy atom. The van der Waals surface area contributed by atoms with Crippen molar-refractivity contribution in [3.05, 3.63) is 70.9 Å². The Bertz CT molecular complexity index is 1270. The largest absolute Gasteiger partial charge is 0.459 e. The lowest BCUT2D eigenvalue weighted by atomic mass is 10.0. The number of amides is 2. The van der Waals surface area contributed by atoms with E-state index in [-0.39, 0.29) is 17.9 Å². The van der Waals surface area contributed by atoms with Gasteiger partial charge in [-0.3, -0.25) is 9.59 Å². The number of piperidine rings is 1. The fourth-order valence-electron chi connectivity index (χ4n) is 4.34. The number of carbonyl (C=O) groups is 2. The maximum absolute atomic E-state index is 13.4.